The number of aromatic nitrogens is 1. The highest BCUT2D eigenvalue weighted by Gasteiger charge is 2.58. The predicted molar refractivity (Wildman–Crippen MR) is 86.5 cm³/mol. The van der Waals surface area contributed by atoms with Crippen molar-refractivity contribution >= 4 is 6.03 Å². The molecule has 1 aliphatic carbocycles. The summed E-state index contributed by atoms with van der Waals surface area (Å²) in [5.41, 5.74) is 0.806. The number of hydrogen-bond donors (Lipinski definition) is 1. The highest BCUT2D eigenvalue weighted by molar-refractivity contribution is 5.75. The van der Waals surface area contributed by atoms with Crippen molar-refractivity contribution in [2.45, 2.75) is 51.8 Å². The minimum absolute atomic E-state index is 0.00000223. The van der Waals surface area contributed by atoms with E-state index < -0.39 is 0 Å². The van der Waals surface area contributed by atoms with Gasteiger partial charge in [-0.2, -0.15) is 0 Å². The van der Waals surface area contributed by atoms with Gasteiger partial charge in [0, 0.05) is 38.0 Å². The van der Waals surface area contributed by atoms with Gasteiger partial charge in [0.1, 0.15) is 0 Å². The third-order valence-corrected chi connectivity index (χ3v) is 5.67. The van der Waals surface area contributed by atoms with Crippen LogP contribution in [0.25, 0.3) is 0 Å². The minimum Gasteiger partial charge on any atom is -0.378 e. The molecule has 1 aromatic rings. The summed E-state index contributed by atoms with van der Waals surface area (Å²) < 4.78 is 5.61. The molecule has 22 heavy (non-hydrogen) atoms. The highest BCUT2D eigenvalue weighted by Crippen LogP contribution is 2.51. The number of nitrogens with zero attached hydrogens (tertiary/aromatic N) is 2. The lowest BCUT2D eigenvalue weighted by Crippen LogP contribution is -2.69. The number of ether oxygens (including phenoxy) is 1. The SMILES string of the molecule is CO[C@]1(C)C[C@H](NC(=O)N(C)[C@@H](C)c2ccncc2)C1(C)C. The van der Waals surface area contributed by atoms with E-state index in [4.69, 9.17) is 4.74 Å². The molecule has 1 aromatic heterocycles. The van der Waals surface area contributed by atoms with Crippen LogP contribution in [0.4, 0.5) is 4.79 Å². The maximum Gasteiger partial charge on any atom is 0.317 e. The van der Waals surface area contributed by atoms with Gasteiger partial charge in [-0.3, -0.25) is 4.98 Å². The molecule has 1 heterocycles. The van der Waals surface area contributed by atoms with Crippen molar-refractivity contribution in [3.63, 3.8) is 0 Å². The van der Waals surface area contributed by atoms with Crippen molar-refractivity contribution in [2.24, 2.45) is 5.41 Å². The number of methoxy groups -OCH3 is 1. The third kappa shape index (κ3) is 2.70. The molecule has 1 aliphatic rings. The number of hydrogen-bond acceptors (Lipinski definition) is 3. The van der Waals surface area contributed by atoms with E-state index in [1.807, 2.05) is 26.1 Å². The first kappa shape index (κ1) is 16.7. The molecule has 1 saturated carbocycles. The van der Waals surface area contributed by atoms with Crippen molar-refractivity contribution < 1.29 is 9.53 Å². The summed E-state index contributed by atoms with van der Waals surface area (Å²) in [4.78, 5) is 18.3. The van der Waals surface area contributed by atoms with E-state index in [9.17, 15) is 4.79 Å². The Kier molecular flexibility index (Phi) is 4.47. The minimum atomic E-state index is -0.180. The summed E-state index contributed by atoms with van der Waals surface area (Å²) in [5, 5.41) is 3.14. The van der Waals surface area contributed by atoms with Gasteiger partial charge in [0.25, 0.3) is 0 Å². The zero-order valence-corrected chi connectivity index (χ0v) is 14.4. The molecule has 1 N–H and O–H groups in total. The molecule has 0 spiro atoms. The Labute approximate surface area is 133 Å². The maximum atomic E-state index is 12.5. The second-order valence-corrected chi connectivity index (χ2v) is 6.93. The van der Waals surface area contributed by atoms with Crippen LogP contribution in [0.15, 0.2) is 24.5 Å². The van der Waals surface area contributed by atoms with Crippen molar-refractivity contribution in [2.75, 3.05) is 14.2 Å². The first-order valence-electron chi connectivity index (χ1n) is 7.71. The zero-order chi connectivity index (χ0) is 16.5. The van der Waals surface area contributed by atoms with Gasteiger partial charge in [-0.05, 0) is 38.0 Å². The first-order chi connectivity index (χ1) is 10.2. The number of urea groups is 1. The Morgan fingerprint density at radius 3 is 2.50 bits per heavy atom. The lowest BCUT2D eigenvalue weighted by Gasteiger charge is -2.59. The van der Waals surface area contributed by atoms with Gasteiger partial charge in [-0.15, -0.1) is 0 Å². The maximum absolute atomic E-state index is 12.5. The zero-order valence-electron chi connectivity index (χ0n) is 14.4. The predicted octanol–water partition coefficient (Wildman–Crippen LogP) is 2.99. The second kappa shape index (κ2) is 5.88. The van der Waals surface area contributed by atoms with Gasteiger partial charge in [0.15, 0.2) is 0 Å². The number of pyridine rings is 1. The molecule has 5 nitrogen and oxygen atoms in total. The van der Waals surface area contributed by atoms with E-state index in [1.54, 1.807) is 24.4 Å². The number of nitrogens with one attached hydrogen (secondary N) is 1. The lowest BCUT2D eigenvalue weighted by molar-refractivity contribution is -0.177. The number of rotatable bonds is 4. The Balaban J connectivity index is 1.99. The topological polar surface area (TPSA) is 54.5 Å². The van der Waals surface area contributed by atoms with Gasteiger partial charge < -0.3 is 15.0 Å². The lowest BCUT2D eigenvalue weighted by atomic mass is 9.56. The summed E-state index contributed by atoms with van der Waals surface area (Å²) in [6.45, 7) is 8.38. The molecular formula is C17H27N3O2. The molecule has 2 rings (SSSR count). The van der Waals surface area contributed by atoms with Crippen LogP contribution in [0.5, 0.6) is 0 Å². The second-order valence-electron chi connectivity index (χ2n) is 6.93. The monoisotopic (exact) mass is 305 g/mol. The molecule has 5 heteroatoms. The number of carbonyl (C=O) groups is 1. The molecule has 122 valence electrons. The number of carbonyl (C=O) groups excluding carboxylic acids is 1. The van der Waals surface area contributed by atoms with Crippen LogP contribution < -0.4 is 5.32 Å². The molecule has 0 unspecified atom stereocenters. The van der Waals surface area contributed by atoms with E-state index in [-0.39, 0.29) is 29.1 Å². The molecule has 0 radical (unpaired) electrons. The summed E-state index contributed by atoms with van der Waals surface area (Å²) >= 11 is 0. The first-order valence-corrected chi connectivity index (χ1v) is 7.71. The highest BCUT2D eigenvalue weighted by atomic mass is 16.5. The molecule has 0 aliphatic heterocycles. The van der Waals surface area contributed by atoms with Crippen LogP contribution in [0.2, 0.25) is 0 Å². The summed E-state index contributed by atoms with van der Waals surface area (Å²) in [6.07, 6.45) is 4.33. The Hall–Kier alpha value is -1.62. The van der Waals surface area contributed by atoms with Gasteiger partial charge in [-0.1, -0.05) is 13.8 Å². The summed E-state index contributed by atoms with van der Waals surface area (Å²) in [6, 6.07) is 3.94. The molecule has 0 saturated heterocycles. The average molecular weight is 305 g/mol. The third-order valence-electron chi connectivity index (χ3n) is 5.67. The largest absolute Gasteiger partial charge is 0.378 e. The fourth-order valence-electron chi connectivity index (χ4n) is 3.02. The van der Waals surface area contributed by atoms with Gasteiger partial charge >= 0.3 is 6.03 Å². The molecule has 0 bridgehead atoms. The van der Waals surface area contributed by atoms with Crippen molar-refractivity contribution in [1.82, 2.24) is 15.2 Å². The van der Waals surface area contributed by atoms with Crippen molar-refractivity contribution in [3.05, 3.63) is 30.1 Å². The van der Waals surface area contributed by atoms with E-state index in [2.05, 4.69) is 31.1 Å². The standard InChI is InChI=1S/C17H27N3O2/c1-12(13-7-9-18-10-8-13)20(5)15(21)19-14-11-17(4,22-6)16(14,2)3/h7-10,12,14H,11H2,1-6H3,(H,19,21)/t12-,14-,17+/m0/s1. The van der Waals surface area contributed by atoms with Gasteiger partial charge in [0.05, 0.1) is 11.6 Å². The van der Waals surface area contributed by atoms with Gasteiger partial charge in [0.2, 0.25) is 0 Å². The van der Waals surface area contributed by atoms with Crippen LogP contribution in [-0.2, 0) is 4.74 Å². The van der Waals surface area contributed by atoms with E-state index in [0.29, 0.717) is 0 Å². The Morgan fingerprint density at radius 1 is 1.41 bits per heavy atom. The fraction of sp³-hybridized carbons (Fsp3) is 0.647. The van der Waals surface area contributed by atoms with E-state index in [1.165, 1.54) is 0 Å². The van der Waals surface area contributed by atoms with Crippen LogP contribution >= 0.6 is 0 Å². The molecule has 2 amide bonds. The van der Waals surface area contributed by atoms with Crippen LogP contribution in [0, 0.1) is 5.41 Å². The smallest absolute Gasteiger partial charge is 0.317 e. The molecule has 1 fully saturated rings. The number of amides is 2. The quantitative estimate of drug-likeness (QED) is 0.930. The van der Waals surface area contributed by atoms with Crippen LogP contribution in [-0.4, -0.2) is 41.7 Å². The Bertz CT molecular complexity index is 532. The van der Waals surface area contributed by atoms with Crippen LogP contribution in [0.1, 0.15) is 45.7 Å². The average Bonchev–Trinajstić information content (AvgIpc) is 2.53. The van der Waals surface area contributed by atoms with Crippen molar-refractivity contribution in [1.29, 1.82) is 0 Å². The summed E-state index contributed by atoms with van der Waals surface area (Å²) in [7, 11) is 3.55. The fourth-order valence-corrected chi connectivity index (χ4v) is 3.02. The molecule has 0 aromatic carbocycles. The Morgan fingerprint density at radius 2 is 2.00 bits per heavy atom. The van der Waals surface area contributed by atoms with E-state index in [0.717, 1.165) is 12.0 Å². The normalized spacial score (nSPS) is 27.6. The molecule has 3 atom stereocenters. The summed E-state index contributed by atoms with van der Waals surface area (Å²) in [5.74, 6) is 0. The molecular weight excluding hydrogens is 278 g/mol. The van der Waals surface area contributed by atoms with E-state index >= 15 is 0 Å². The van der Waals surface area contributed by atoms with Crippen molar-refractivity contribution in [3.8, 4) is 0 Å². The van der Waals surface area contributed by atoms with Crippen LogP contribution in [0.3, 0.4) is 0 Å². The van der Waals surface area contributed by atoms with Gasteiger partial charge in [-0.25, -0.2) is 4.79 Å².